The maximum atomic E-state index is 13.0. The molecule has 1 unspecified atom stereocenters. The van der Waals surface area contributed by atoms with E-state index in [0.717, 1.165) is 16.2 Å². The number of hydrogen-bond donors (Lipinski definition) is 0. The molecular weight excluding hydrogens is 295 g/mol. The molecule has 22 heavy (non-hydrogen) atoms. The zero-order chi connectivity index (χ0) is 16.2. The molecule has 0 aromatic heterocycles. The SMILES string of the molecule is COCOc1c([PH](=O)c2ccccc2)cccc1C(C)(C)C. The Morgan fingerprint density at radius 2 is 1.68 bits per heavy atom. The highest BCUT2D eigenvalue weighted by Gasteiger charge is 2.23. The van der Waals surface area contributed by atoms with E-state index in [1.807, 2.05) is 48.5 Å². The van der Waals surface area contributed by atoms with Gasteiger partial charge in [0, 0.05) is 18.0 Å². The molecule has 0 heterocycles. The fraction of sp³-hybridized carbons (Fsp3) is 0.333. The van der Waals surface area contributed by atoms with Gasteiger partial charge in [-0.15, -0.1) is 0 Å². The van der Waals surface area contributed by atoms with Crippen LogP contribution in [-0.4, -0.2) is 13.9 Å². The summed E-state index contributed by atoms with van der Waals surface area (Å²) >= 11 is 0. The molecule has 2 rings (SSSR count). The second-order valence-electron chi connectivity index (χ2n) is 6.18. The Morgan fingerprint density at radius 1 is 1.00 bits per heavy atom. The van der Waals surface area contributed by atoms with Crippen molar-refractivity contribution in [3.05, 3.63) is 54.1 Å². The van der Waals surface area contributed by atoms with Crippen LogP contribution in [0.4, 0.5) is 0 Å². The normalized spacial score (nSPS) is 12.9. The maximum absolute atomic E-state index is 13.0. The lowest BCUT2D eigenvalue weighted by molar-refractivity contribution is 0.0506. The van der Waals surface area contributed by atoms with E-state index in [0.29, 0.717) is 5.75 Å². The molecule has 0 amide bonds. The van der Waals surface area contributed by atoms with Gasteiger partial charge in [0.2, 0.25) is 0 Å². The highest BCUT2D eigenvalue weighted by Crippen LogP contribution is 2.35. The van der Waals surface area contributed by atoms with Crippen molar-refractivity contribution in [1.29, 1.82) is 0 Å². The summed E-state index contributed by atoms with van der Waals surface area (Å²) in [6, 6.07) is 15.4. The van der Waals surface area contributed by atoms with Crippen LogP contribution in [0.2, 0.25) is 0 Å². The van der Waals surface area contributed by atoms with Crippen molar-refractivity contribution in [1.82, 2.24) is 0 Å². The smallest absolute Gasteiger partial charge is 0.188 e. The first kappa shape index (κ1) is 16.8. The van der Waals surface area contributed by atoms with Crippen molar-refractivity contribution in [2.24, 2.45) is 0 Å². The van der Waals surface area contributed by atoms with Gasteiger partial charge in [0.25, 0.3) is 0 Å². The summed E-state index contributed by atoms with van der Waals surface area (Å²) < 4.78 is 23.8. The Morgan fingerprint density at radius 3 is 2.27 bits per heavy atom. The van der Waals surface area contributed by atoms with Crippen molar-refractivity contribution >= 4 is 18.4 Å². The molecule has 4 heteroatoms. The molecule has 0 aliphatic rings. The fourth-order valence-corrected chi connectivity index (χ4v) is 3.79. The molecule has 118 valence electrons. The first-order chi connectivity index (χ1) is 10.4. The van der Waals surface area contributed by atoms with E-state index >= 15 is 0 Å². The molecule has 0 radical (unpaired) electrons. The zero-order valence-electron chi connectivity index (χ0n) is 13.6. The Bertz CT molecular complexity index is 645. The largest absolute Gasteiger partial charge is 0.466 e. The third kappa shape index (κ3) is 3.79. The van der Waals surface area contributed by atoms with Gasteiger partial charge < -0.3 is 14.0 Å². The fourth-order valence-electron chi connectivity index (χ4n) is 2.32. The van der Waals surface area contributed by atoms with Crippen LogP contribution in [0, 0.1) is 0 Å². The van der Waals surface area contributed by atoms with E-state index < -0.39 is 7.80 Å². The van der Waals surface area contributed by atoms with Crippen molar-refractivity contribution in [3.63, 3.8) is 0 Å². The number of ether oxygens (including phenoxy) is 2. The van der Waals surface area contributed by atoms with Crippen LogP contribution < -0.4 is 15.3 Å². The third-order valence-corrected chi connectivity index (χ3v) is 5.17. The van der Waals surface area contributed by atoms with E-state index in [9.17, 15) is 4.57 Å². The highest BCUT2D eigenvalue weighted by atomic mass is 31.1. The van der Waals surface area contributed by atoms with Crippen LogP contribution in [0.3, 0.4) is 0 Å². The molecule has 0 aliphatic heterocycles. The van der Waals surface area contributed by atoms with Gasteiger partial charge in [0.1, 0.15) is 13.6 Å². The quantitative estimate of drug-likeness (QED) is 0.625. The minimum Gasteiger partial charge on any atom is -0.466 e. The zero-order valence-corrected chi connectivity index (χ0v) is 14.6. The van der Waals surface area contributed by atoms with E-state index in [1.165, 1.54) is 0 Å². The third-order valence-electron chi connectivity index (χ3n) is 3.42. The van der Waals surface area contributed by atoms with Crippen molar-refractivity contribution in [2.45, 2.75) is 26.2 Å². The lowest BCUT2D eigenvalue weighted by Gasteiger charge is -2.24. The summed E-state index contributed by atoms with van der Waals surface area (Å²) in [5.41, 5.74) is 0.939. The second-order valence-corrected chi connectivity index (χ2v) is 7.95. The molecule has 0 bridgehead atoms. The van der Waals surface area contributed by atoms with Gasteiger partial charge in [-0.3, -0.25) is 0 Å². The standard InChI is InChI=1S/C18H23O3P/c1-18(2,3)15-11-8-12-16(17(15)21-13-20-4)22(19)14-9-6-5-7-10-14/h5-12,22H,13H2,1-4H3. The van der Waals surface area contributed by atoms with Crippen molar-refractivity contribution in [3.8, 4) is 5.75 Å². The Hall–Kier alpha value is -1.57. The molecule has 0 saturated carbocycles. The molecule has 2 aromatic rings. The molecule has 2 aromatic carbocycles. The van der Waals surface area contributed by atoms with E-state index in [-0.39, 0.29) is 12.2 Å². The summed E-state index contributed by atoms with van der Waals surface area (Å²) in [4.78, 5) is 0. The summed E-state index contributed by atoms with van der Waals surface area (Å²) in [6.45, 7) is 6.49. The van der Waals surface area contributed by atoms with Crippen LogP contribution in [0.1, 0.15) is 26.3 Å². The molecule has 1 atom stereocenters. The predicted molar refractivity (Wildman–Crippen MR) is 92.4 cm³/mol. The molecule has 3 nitrogen and oxygen atoms in total. The minimum atomic E-state index is -2.12. The highest BCUT2D eigenvalue weighted by molar-refractivity contribution is 7.61. The van der Waals surface area contributed by atoms with Crippen LogP contribution in [0.15, 0.2) is 48.5 Å². The van der Waals surface area contributed by atoms with Gasteiger partial charge in [-0.25, -0.2) is 0 Å². The Balaban J connectivity index is 2.53. The lowest BCUT2D eigenvalue weighted by Crippen LogP contribution is -2.20. The van der Waals surface area contributed by atoms with Gasteiger partial charge in [-0.1, -0.05) is 63.2 Å². The topological polar surface area (TPSA) is 35.5 Å². The first-order valence-electron chi connectivity index (χ1n) is 7.30. The maximum Gasteiger partial charge on any atom is 0.188 e. The van der Waals surface area contributed by atoms with E-state index in [2.05, 4.69) is 20.8 Å². The number of rotatable bonds is 5. The molecule has 0 N–H and O–H groups in total. The van der Waals surface area contributed by atoms with Gasteiger partial charge in [-0.05, 0) is 11.5 Å². The molecule has 0 spiro atoms. The summed E-state index contributed by atoms with van der Waals surface area (Å²) in [5, 5.41) is 1.58. The number of para-hydroxylation sites is 1. The van der Waals surface area contributed by atoms with Crippen molar-refractivity contribution in [2.75, 3.05) is 13.9 Å². The Kier molecular flexibility index (Phi) is 5.44. The number of methoxy groups -OCH3 is 1. The number of benzene rings is 2. The average Bonchev–Trinajstić information content (AvgIpc) is 2.51. The van der Waals surface area contributed by atoms with Gasteiger partial charge in [-0.2, -0.15) is 0 Å². The summed E-state index contributed by atoms with van der Waals surface area (Å²) in [6.07, 6.45) is 0. The van der Waals surface area contributed by atoms with Gasteiger partial charge >= 0.3 is 0 Å². The Labute approximate surface area is 133 Å². The van der Waals surface area contributed by atoms with E-state index in [1.54, 1.807) is 7.11 Å². The lowest BCUT2D eigenvalue weighted by atomic mass is 9.86. The van der Waals surface area contributed by atoms with Crippen LogP contribution in [0.25, 0.3) is 0 Å². The minimum absolute atomic E-state index is 0.0993. The van der Waals surface area contributed by atoms with Gasteiger partial charge in [0.05, 0.1) is 5.30 Å². The number of hydrogen-bond acceptors (Lipinski definition) is 3. The van der Waals surface area contributed by atoms with E-state index in [4.69, 9.17) is 9.47 Å². The van der Waals surface area contributed by atoms with Crippen LogP contribution in [-0.2, 0) is 14.7 Å². The van der Waals surface area contributed by atoms with Crippen molar-refractivity contribution < 1.29 is 14.0 Å². The van der Waals surface area contributed by atoms with Crippen LogP contribution in [0.5, 0.6) is 5.75 Å². The summed E-state index contributed by atoms with van der Waals surface area (Å²) in [5.74, 6) is 0.685. The van der Waals surface area contributed by atoms with Crippen LogP contribution >= 0.6 is 7.80 Å². The first-order valence-corrected chi connectivity index (χ1v) is 8.71. The summed E-state index contributed by atoms with van der Waals surface area (Å²) in [7, 11) is -0.534. The molecule has 0 saturated heterocycles. The average molecular weight is 318 g/mol. The van der Waals surface area contributed by atoms with Gasteiger partial charge in [0.15, 0.2) is 6.79 Å². The molecular formula is C18H23O3P. The monoisotopic (exact) mass is 318 g/mol. The second kappa shape index (κ2) is 7.13. The predicted octanol–water partition coefficient (Wildman–Crippen LogP) is 3.48. The molecule has 0 aliphatic carbocycles. The molecule has 0 fully saturated rings.